The molecule has 0 spiro atoms. The van der Waals surface area contributed by atoms with Gasteiger partial charge in [0.05, 0.1) is 18.5 Å². The molecular formula is C12H16F3N3O2. The molecule has 1 amide bonds. The van der Waals surface area contributed by atoms with Gasteiger partial charge in [-0.2, -0.15) is 13.2 Å². The van der Waals surface area contributed by atoms with Gasteiger partial charge in [-0.15, -0.1) is 0 Å². The third kappa shape index (κ3) is 5.77. The molecule has 1 heterocycles. The molecule has 8 heteroatoms. The van der Waals surface area contributed by atoms with Gasteiger partial charge < -0.3 is 15.4 Å². The van der Waals surface area contributed by atoms with Crippen molar-refractivity contribution in [2.24, 2.45) is 0 Å². The Balaban J connectivity index is 2.48. The van der Waals surface area contributed by atoms with Crippen LogP contribution in [0.1, 0.15) is 13.8 Å². The number of hydrogen-bond donors (Lipinski definition) is 2. The van der Waals surface area contributed by atoms with Crippen LogP contribution in [0.5, 0.6) is 5.88 Å². The highest BCUT2D eigenvalue weighted by Gasteiger charge is 2.28. The molecule has 1 rings (SSSR count). The molecule has 0 bridgehead atoms. The maximum Gasteiger partial charge on any atom is 0.405 e. The zero-order valence-corrected chi connectivity index (χ0v) is 11.1. The summed E-state index contributed by atoms with van der Waals surface area (Å²) in [6, 6.07) is 2.43. The number of carbonyl (C=O) groups excluding carboxylic acids is 1. The van der Waals surface area contributed by atoms with E-state index in [0.29, 0.717) is 18.2 Å². The number of ether oxygens (including phenoxy) is 1. The van der Waals surface area contributed by atoms with Gasteiger partial charge in [0.15, 0.2) is 0 Å². The molecule has 1 unspecified atom stereocenters. The Morgan fingerprint density at radius 3 is 2.65 bits per heavy atom. The quantitative estimate of drug-likeness (QED) is 0.841. The van der Waals surface area contributed by atoms with Gasteiger partial charge in [-0.25, -0.2) is 4.98 Å². The van der Waals surface area contributed by atoms with Crippen molar-refractivity contribution in [2.75, 3.05) is 18.5 Å². The van der Waals surface area contributed by atoms with Crippen LogP contribution in [0.3, 0.4) is 0 Å². The van der Waals surface area contributed by atoms with Crippen LogP contribution in [-0.4, -0.2) is 36.3 Å². The standard InChI is InChI=1S/C12H16F3N3O2/c1-3-20-10-5-4-9(6-16-10)18-8(2)11(19)17-7-12(13,14)15/h4-6,8,18H,3,7H2,1-2H3,(H,17,19). The molecule has 0 fully saturated rings. The average molecular weight is 291 g/mol. The maximum absolute atomic E-state index is 12.0. The molecule has 5 nitrogen and oxygen atoms in total. The van der Waals surface area contributed by atoms with Crippen LogP contribution < -0.4 is 15.4 Å². The third-order valence-electron chi connectivity index (χ3n) is 2.27. The SMILES string of the molecule is CCOc1ccc(NC(C)C(=O)NCC(F)(F)F)cn1. The molecule has 2 N–H and O–H groups in total. The molecule has 1 aromatic heterocycles. The monoisotopic (exact) mass is 291 g/mol. The van der Waals surface area contributed by atoms with Crippen LogP contribution in [0.4, 0.5) is 18.9 Å². The molecule has 0 radical (unpaired) electrons. The molecule has 0 saturated heterocycles. The number of nitrogens with zero attached hydrogens (tertiary/aromatic N) is 1. The van der Waals surface area contributed by atoms with Gasteiger partial charge in [0.2, 0.25) is 11.8 Å². The summed E-state index contributed by atoms with van der Waals surface area (Å²) < 4.78 is 41.0. The fourth-order valence-electron chi connectivity index (χ4n) is 1.35. The van der Waals surface area contributed by atoms with Crippen molar-refractivity contribution in [3.8, 4) is 5.88 Å². The Morgan fingerprint density at radius 2 is 2.15 bits per heavy atom. The summed E-state index contributed by atoms with van der Waals surface area (Å²) in [4.78, 5) is 15.4. The van der Waals surface area contributed by atoms with Crippen molar-refractivity contribution in [3.63, 3.8) is 0 Å². The molecule has 0 aliphatic heterocycles. The van der Waals surface area contributed by atoms with Gasteiger partial charge in [-0.05, 0) is 19.9 Å². The average Bonchev–Trinajstić information content (AvgIpc) is 2.37. The molecular weight excluding hydrogens is 275 g/mol. The number of pyridine rings is 1. The molecule has 112 valence electrons. The summed E-state index contributed by atoms with van der Waals surface area (Å²) in [6.07, 6.45) is -2.98. The van der Waals surface area contributed by atoms with Crippen LogP contribution in [0.25, 0.3) is 0 Å². The highest BCUT2D eigenvalue weighted by Crippen LogP contribution is 2.14. The Hall–Kier alpha value is -1.99. The van der Waals surface area contributed by atoms with Crippen LogP contribution in [0, 0.1) is 0 Å². The highest BCUT2D eigenvalue weighted by molar-refractivity contribution is 5.84. The summed E-state index contributed by atoms with van der Waals surface area (Å²) >= 11 is 0. The fraction of sp³-hybridized carbons (Fsp3) is 0.500. The van der Waals surface area contributed by atoms with Gasteiger partial charge in [0.1, 0.15) is 12.6 Å². The van der Waals surface area contributed by atoms with Crippen molar-refractivity contribution in [1.82, 2.24) is 10.3 Å². The molecule has 0 aliphatic rings. The largest absolute Gasteiger partial charge is 0.478 e. The fourth-order valence-corrected chi connectivity index (χ4v) is 1.35. The van der Waals surface area contributed by atoms with Gasteiger partial charge in [-0.3, -0.25) is 4.79 Å². The predicted molar refractivity (Wildman–Crippen MR) is 67.6 cm³/mol. The van der Waals surface area contributed by atoms with Crippen molar-refractivity contribution >= 4 is 11.6 Å². The number of halogens is 3. The van der Waals surface area contributed by atoms with E-state index in [1.807, 2.05) is 6.92 Å². The Morgan fingerprint density at radius 1 is 1.45 bits per heavy atom. The van der Waals surface area contributed by atoms with E-state index in [0.717, 1.165) is 0 Å². The topological polar surface area (TPSA) is 63.2 Å². The first-order valence-corrected chi connectivity index (χ1v) is 6.01. The van der Waals surface area contributed by atoms with Crippen molar-refractivity contribution < 1.29 is 22.7 Å². The van der Waals surface area contributed by atoms with E-state index >= 15 is 0 Å². The van der Waals surface area contributed by atoms with Crippen molar-refractivity contribution in [3.05, 3.63) is 18.3 Å². The number of amides is 1. The highest BCUT2D eigenvalue weighted by atomic mass is 19.4. The Labute approximate surface area is 114 Å². The normalized spacial score (nSPS) is 12.7. The lowest BCUT2D eigenvalue weighted by molar-refractivity contribution is -0.138. The Bertz CT molecular complexity index is 435. The van der Waals surface area contributed by atoms with E-state index in [9.17, 15) is 18.0 Å². The van der Waals surface area contributed by atoms with E-state index in [4.69, 9.17) is 4.74 Å². The smallest absolute Gasteiger partial charge is 0.405 e. The predicted octanol–water partition coefficient (Wildman–Crippen LogP) is 1.96. The third-order valence-corrected chi connectivity index (χ3v) is 2.27. The van der Waals surface area contributed by atoms with E-state index in [1.165, 1.54) is 13.1 Å². The van der Waals surface area contributed by atoms with Gasteiger partial charge in [-0.1, -0.05) is 0 Å². The Kier molecular flexibility index (Phi) is 5.60. The molecule has 0 aliphatic carbocycles. The zero-order chi connectivity index (χ0) is 15.2. The number of aromatic nitrogens is 1. The summed E-state index contributed by atoms with van der Waals surface area (Å²) in [5.74, 6) is -0.302. The summed E-state index contributed by atoms with van der Waals surface area (Å²) in [6.45, 7) is 2.42. The second kappa shape index (κ2) is 6.97. The number of carbonyl (C=O) groups is 1. The van der Waals surface area contributed by atoms with Crippen LogP contribution >= 0.6 is 0 Å². The minimum atomic E-state index is -4.42. The van der Waals surface area contributed by atoms with Crippen molar-refractivity contribution in [2.45, 2.75) is 26.1 Å². The zero-order valence-electron chi connectivity index (χ0n) is 11.1. The minimum absolute atomic E-state index is 0.437. The molecule has 1 aromatic rings. The van der Waals surface area contributed by atoms with Crippen LogP contribution in [0.2, 0.25) is 0 Å². The number of alkyl halides is 3. The second-order valence-electron chi connectivity index (χ2n) is 4.02. The lowest BCUT2D eigenvalue weighted by atomic mass is 10.3. The molecule has 1 atom stereocenters. The first-order chi connectivity index (χ1) is 9.31. The lowest BCUT2D eigenvalue weighted by Gasteiger charge is -2.16. The summed E-state index contributed by atoms with van der Waals surface area (Å²) in [5, 5.41) is 4.55. The number of rotatable bonds is 6. The number of nitrogens with one attached hydrogen (secondary N) is 2. The van der Waals surface area contributed by atoms with E-state index < -0.39 is 24.7 Å². The number of hydrogen-bond acceptors (Lipinski definition) is 4. The minimum Gasteiger partial charge on any atom is -0.478 e. The first kappa shape index (κ1) is 16.1. The molecule has 0 saturated carbocycles. The second-order valence-corrected chi connectivity index (χ2v) is 4.02. The van der Waals surface area contributed by atoms with E-state index in [2.05, 4.69) is 10.3 Å². The van der Waals surface area contributed by atoms with Crippen LogP contribution in [-0.2, 0) is 4.79 Å². The first-order valence-electron chi connectivity index (χ1n) is 6.01. The van der Waals surface area contributed by atoms with Gasteiger partial charge >= 0.3 is 6.18 Å². The van der Waals surface area contributed by atoms with Gasteiger partial charge in [0.25, 0.3) is 0 Å². The molecule has 20 heavy (non-hydrogen) atoms. The lowest BCUT2D eigenvalue weighted by Crippen LogP contribution is -2.42. The number of anilines is 1. The summed E-state index contributed by atoms with van der Waals surface area (Å²) in [5.41, 5.74) is 0.517. The van der Waals surface area contributed by atoms with Crippen LogP contribution in [0.15, 0.2) is 18.3 Å². The van der Waals surface area contributed by atoms with Gasteiger partial charge in [0, 0.05) is 6.07 Å². The van der Waals surface area contributed by atoms with Crippen molar-refractivity contribution in [1.29, 1.82) is 0 Å². The molecule has 0 aromatic carbocycles. The summed E-state index contributed by atoms with van der Waals surface area (Å²) in [7, 11) is 0. The van der Waals surface area contributed by atoms with E-state index in [1.54, 1.807) is 17.4 Å². The van der Waals surface area contributed by atoms with E-state index in [-0.39, 0.29) is 0 Å². The maximum atomic E-state index is 12.0.